The fourth-order valence-electron chi connectivity index (χ4n) is 3.83. The van der Waals surface area contributed by atoms with Gasteiger partial charge in [0.1, 0.15) is 12.1 Å². The molecule has 0 spiro atoms. The van der Waals surface area contributed by atoms with Gasteiger partial charge in [-0.2, -0.15) is 0 Å². The van der Waals surface area contributed by atoms with Gasteiger partial charge in [-0.3, -0.25) is 5.41 Å². The highest BCUT2D eigenvalue weighted by atomic mass is 16.5. The highest BCUT2D eigenvalue weighted by Crippen LogP contribution is 2.47. The summed E-state index contributed by atoms with van der Waals surface area (Å²) in [6, 6.07) is 20.7. The molecular weight excluding hydrogens is 336 g/mol. The average Bonchev–Trinajstić information content (AvgIpc) is 2.70. The Bertz CT molecular complexity index is 1240. The Labute approximate surface area is 156 Å². The normalized spacial score (nSPS) is 15.1. The van der Waals surface area contributed by atoms with Crippen molar-refractivity contribution in [1.82, 2.24) is 9.66 Å². The molecule has 1 unspecified atom stereocenters. The maximum atomic E-state index is 8.56. The lowest BCUT2D eigenvalue weighted by Crippen LogP contribution is -2.33. The predicted molar refractivity (Wildman–Crippen MR) is 104 cm³/mol. The molecule has 1 atom stereocenters. The molecule has 5 nitrogen and oxygen atoms in total. The zero-order valence-electron chi connectivity index (χ0n) is 14.8. The SMILES string of the molecule is Cc1ccc(C2c3c(ncn(N)c3=N)Oc3ccc4ccccc4c32)cc1. The van der Waals surface area contributed by atoms with E-state index in [4.69, 9.17) is 16.0 Å². The van der Waals surface area contributed by atoms with E-state index < -0.39 is 0 Å². The van der Waals surface area contributed by atoms with E-state index in [9.17, 15) is 0 Å². The summed E-state index contributed by atoms with van der Waals surface area (Å²) in [6.07, 6.45) is 1.42. The van der Waals surface area contributed by atoms with Gasteiger partial charge in [-0.25, -0.2) is 9.66 Å². The minimum absolute atomic E-state index is 0.175. The summed E-state index contributed by atoms with van der Waals surface area (Å²) in [5.74, 6) is 6.99. The van der Waals surface area contributed by atoms with Crippen LogP contribution in [0.4, 0.5) is 0 Å². The van der Waals surface area contributed by atoms with Crippen molar-refractivity contribution < 1.29 is 4.74 Å². The number of nitrogens with two attached hydrogens (primary N) is 1. The molecule has 0 bridgehead atoms. The summed E-state index contributed by atoms with van der Waals surface area (Å²) in [7, 11) is 0. The van der Waals surface area contributed by atoms with Crippen molar-refractivity contribution >= 4 is 10.8 Å². The molecule has 3 N–H and O–H groups in total. The van der Waals surface area contributed by atoms with Gasteiger partial charge in [-0.1, -0.05) is 60.2 Å². The summed E-state index contributed by atoms with van der Waals surface area (Å²) in [5.41, 5.74) is 4.21. The third kappa shape index (κ3) is 2.32. The minimum atomic E-state index is -0.175. The summed E-state index contributed by atoms with van der Waals surface area (Å²) in [6.45, 7) is 2.07. The number of fused-ring (bicyclic) bond motifs is 4. The number of nitrogens with zero attached hydrogens (tertiary/aromatic N) is 2. The number of aryl methyl sites for hydroxylation is 1. The summed E-state index contributed by atoms with van der Waals surface area (Å²) >= 11 is 0. The number of hydrogen-bond acceptors (Lipinski definition) is 4. The second-order valence-corrected chi connectivity index (χ2v) is 6.86. The molecule has 27 heavy (non-hydrogen) atoms. The molecule has 5 rings (SSSR count). The molecule has 0 saturated carbocycles. The van der Waals surface area contributed by atoms with Gasteiger partial charge in [0, 0.05) is 11.5 Å². The number of nitrogens with one attached hydrogen (secondary N) is 1. The van der Waals surface area contributed by atoms with Crippen LogP contribution in [-0.2, 0) is 0 Å². The van der Waals surface area contributed by atoms with E-state index in [1.807, 2.05) is 18.2 Å². The Morgan fingerprint density at radius 1 is 1.00 bits per heavy atom. The number of ether oxygens (including phenoxy) is 1. The quantitative estimate of drug-likeness (QED) is 0.449. The van der Waals surface area contributed by atoms with Crippen molar-refractivity contribution in [3.63, 3.8) is 0 Å². The number of aromatic nitrogens is 2. The van der Waals surface area contributed by atoms with Crippen molar-refractivity contribution in [3.8, 4) is 11.6 Å². The fraction of sp³-hybridized carbons (Fsp3) is 0.0909. The van der Waals surface area contributed by atoms with Gasteiger partial charge >= 0.3 is 0 Å². The van der Waals surface area contributed by atoms with Gasteiger partial charge < -0.3 is 10.6 Å². The Morgan fingerprint density at radius 2 is 1.78 bits per heavy atom. The van der Waals surface area contributed by atoms with Crippen LogP contribution in [-0.4, -0.2) is 9.66 Å². The summed E-state index contributed by atoms with van der Waals surface area (Å²) in [4.78, 5) is 4.35. The Kier molecular flexibility index (Phi) is 3.31. The van der Waals surface area contributed by atoms with E-state index in [0.29, 0.717) is 11.4 Å². The lowest BCUT2D eigenvalue weighted by Gasteiger charge is -2.29. The van der Waals surface area contributed by atoms with Crippen LogP contribution in [0.2, 0.25) is 0 Å². The molecule has 4 aromatic rings. The van der Waals surface area contributed by atoms with Crippen molar-refractivity contribution in [3.05, 3.63) is 94.7 Å². The molecule has 132 valence electrons. The number of rotatable bonds is 1. The number of hydrogen-bond donors (Lipinski definition) is 2. The Balaban J connectivity index is 1.90. The van der Waals surface area contributed by atoms with Crippen molar-refractivity contribution in [2.24, 2.45) is 0 Å². The van der Waals surface area contributed by atoms with Gasteiger partial charge in [0.2, 0.25) is 5.88 Å². The molecular formula is C22H18N4O. The molecule has 0 saturated heterocycles. The van der Waals surface area contributed by atoms with Crippen LogP contribution in [0.15, 0.2) is 67.0 Å². The highest BCUT2D eigenvalue weighted by Gasteiger charge is 2.33. The van der Waals surface area contributed by atoms with Crippen molar-refractivity contribution in [1.29, 1.82) is 5.41 Å². The van der Waals surface area contributed by atoms with Crippen LogP contribution < -0.4 is 16.1 Å². The maximum Gasteiger partial charge on any atom is 0.228 e. The maximum absolute atomic E-state index is 8.56. The largest absolute Gasteiger partial charge is 0.438 e. The molecule has 0 fully saturated rings. The number of benzene rings is 3. The van der Waals surface area contributed by atoms with Gasteiger partial charge in [0.05, 0.1) is 5.56 Å². The van der Waals surface area contributed by atoms with Crippen LogP contribution in [0.5, 0.6) is 11.6 Å². The lowest BCUT2D eigenvalue weighted by molar-refractivity contribution is 0.427. The second-order valence-electron chi connectivity index (χ2n) is 6.86. The monoisotopic (exact) mass is 354 g/mol. The summed E-state index contributed by atoms with van der Waals surface area (Å²) in [5, 5.41) is 10.8. The zero-order valence-corrected chi connectivity index (χ0v) is 14.8. The van der Waals surface area contributed by atoms with Gasteiger partial charge in [-0.05, 0) is 29.3 Å². The van der Waals surface area contributed by atoms with E-state index >= 15 is 0 Å². The Hall–Kier alpha value is -3.60. The van der Waals surface area contributed by atoms with E-state index in [1.54, 1.807) is 0 Å². The van der Waals surface area contributed by atoms with Crippen LogP contribution in [0.3, 0.4) is 0 Å². The van der Waals surface area contributed by atoms with E-state index in [0.717, 1.165) is 27.6 Å². The van der Waals surface area contributed by atoms with Crippen LogP contribution >= 0.6 is 0 Å². The summed E-state index contributed by atoms with van der Waals surface area (Å²) < 4.78 is 7.33. The van der Waals surface area contributed by atoms with Gasteiger partial charge in [0.15, 0.2) is 5.49 Å². The molecule has 1 aromatic heterocycles. The van der Waals surface area contributed by atoms with Crippen LogP contribution in [0.25, 0.3) is 10.8 Å². The third-order valence-corrected chi connectivity index (χ3v) is 5.17. The minimum Gasteiger partial charge on any atom is -0.438 e. The lowest BCUT2D eigenvalue weighted by atomic mass is 9.81. The second kappa shape index (κ2) is 5.71. The third-order valence-electron chi connectivity index (χ3n) is 5.17. The number of nitrogen functional groups attached to an aromatic ring is 1. The first-order valence-electron chi connectivity index (χ1n) is 8.81. The van der Waals surface area contributed by atoms with Crippen molar-refractivity contribution in [2.75, 3.05) is 5.84 Å². The predicted octanol–water partition coefficient (Wildman–Crippen LogP) is 3.82. The molecule has 2 heterocycles. The first-order valence-corrected chi connectivity index (χ1v) is 8.81. The zero-order chi connectivity index (χ0) is 18.5. The molecule has 1 aliphatic heterocycles. The topological polar surface area (TPSA) is 76.9 Å². The molecule has 5 heteroatoms. The van der Waals surface area contributed by atoms with E-state index in [-0.39, 0.29) is 11.4 Å². The van der Waals surface area contributed by atoms with Gasteiger partial charge in [0.25, 0.3) is 0 Å². The smallest absolute Gasteiger partial charge is 0.228 e. The van der Waals surface area contributed by atoms with Gasteiger partial charge in [-0.15, -0.1) is 0 Å². The first-order chi connectivity index (χ1) is 13.1. The molecule has 0 radical (unpaired) electrons. The molecule has 0 aliphatic carbocycles. The average molecular weight is 354 g/mol. The molecule has 1 aliphatic rings. The van der Waals surface area contributed by atoms with Crippen LogP contribution in [0.1, 0.15) is 28.2 Å². The highest BCUT2D eigenvalue weighted by molar-refractivity contribution is 5.90. The molecule has 3 aromatic carbocycles. The van der Waals surface area contributed by atoms with Crippen LogP contribution in [0, 0.1) is 12.3 Å². The first kappa shape index (κ1) is 15.6. The fourth-order valence-corrected chi connectivity index (χ4v) is 3.83. The van der Waals surface area contributed by atoms with E-state index in [2.05, 4.69) is 54.4 Å². The molecule has 0 amide bonds. The Morgan fingerprint density at radius 3 is 2.59 bits per heavy atom. The van der Waals surface area contributed by atoms with E-state index in [1.165, 1.54) is 16.6 Å². The standard InChI is InChI=1S/C22H18N4O/c1-13-6-8-15(9-7-13)18-19-16-5-3-2-4-14(16)10-11-17(19)27-22-20(18)21(23)26(24)12-25-22/h2-12,18,23H,24H2,1H3. The van der Waals surface area contributed by atoms with Crippen molar-refractivity contribution in [2.45, 2.75) is 12.8 Å².